The van der Waals surface area contributed by atoms with Gasteiger partial charge in [-0.25, -0.2) is 9.97 Å². The molecule has 0 aliphatic heterocycles. The average molecular weight is 617 g/mol. The maximum absolute atomic E-state index is 4.88. The number of halogens is 1. The second-order valence-corrected chi connectivity index (χ2v) is 11.3. The summed E-state index contributed by atoms with van der Waals surface area (Å²) in [5.74, 6) is 0. The highest BCUT2D eigenvalue weighted by atomic mass is 127. The normalized spacial score (nSPS) is 11.3. The Kier molecular flexibility index (Phi) is 5.99. The fourth-order valence-electron chi connectivity index (χ4n) is 4.97. The van der Waals surface area contributed by atoms with E-state index in [1.807, 2.05) is 11.3 Å². The molecule has 0 bridgehead atoms. The number of fused-ring (bicyclic) bond motifs is 3. The van der Waals surface area contributed by atoms with Crippen LogP contribution in [-0.4, -0.2) is 9.97 Å². The summed E-state index contributed by atoms with van der Waals surface area (Å²) in [5, 5.41) is 2.57. The highest BCUT2D eigenvalue weighted by Crippen LogP contribution is 2.37. The summed E-state index contributed by atoms with van der Waals surface area (Å²) in [5.41, 5.74) is 8.74. The minimum Gasteiger partial charge on any atom is -0.223 e. The zero-order valence-electron chi connectivity index (χ0n) is 20.3. The third-order valence-electron chi connectivity index (χ3n) is 6.81. The van der Waals surface area contributed by atoms with Crippen molar-refractivity contribution in [3.05, 3.63) is 131 Å². The van der Waals surface area contributed by atoms with Crippen molar-refractivity contribution >= 4 is 54.1 Å². The second kappa shape index (κ2) is 9.78. The molecule has 0 amide bonds. The fourth-order valence-corrected chi connectivity index (χ4v) is 6.58. The molecule has 2 aromatic heterocycles. The van der Waals surface area contributed by atoms with Crippen molar-refractivity contribution in [2.45, 2.75) is 0 Å². The first kappa shape index (κ1) is 23.3. The largest absolute Gasteiger partial charge is 0.223 e. The van der Waals surface area contributed by atoms with Crippen molar-refractivity contribution < 1.29 is 0 Å². The highest BCUT2D eigenvalue weighted by molar-refractivity contribution is 14.1. The van der Waals surface area contributed by atoms with Crippen molar-refractivity contribution in [2.75, 3.05) is 0 Å². The molecule has 38 heavy (non-hydrogen) atoms. The number of hydrogen-bond donors (Lipinski definition) is 0. The van der Waals surface area contributed by atoms with E-state index in [2.05, 4.69) is 150 Å². The molecule has 0 saturated heterocycles. The molecule has 5 aromatic carbocycles. The van der Waals surface area contributed by atoms with Gasteiger partial charge < -0.3 is 0 Å². The average Bonchev–Trinajstić information content (AvgIpc) is 3.35. The zero-order valence-corrected chi connectivity index (χ0v) is 23.3. The van der Waals surface area contributed by atoms with Gasteiger partial charge in [0.25, 0.3) is 0 Å². The predicted molar refractivity (Wildman–Crippen MR) is 169 cm³/mol. The molecule has 0 aliphatic rings. The number of hydrogen-bond acceptors (Lipinski definition) is 3. The van der Waals surface area contributed by atoms with Crippen LogP contribution in [0.5, 0.6) is 0 Å². The van der Waals surface area contributed by atoms with Crippen molar-refractivity contribution in [1.29, 1.82) is 0 Å². The van der Waals surface area contributed by atoms with Gasteiger partial charge in [0.2, 0.25) is 0 Å². The van der Waals surface area contributed by atoms with E-state index in [0.717, 1.165) is 26.3 Å². The van der Waals surface area contributed by atoms with Crippen molar-refractivity contribution in [1.82, 2.24) is 9.97 Å². The molecule has 0 aliphatic carbocycles. The molecule has 0 N–H and O–H groups in total. The monoisotopic (exact) mass is 616 g/mol. The van der Waals surface area contributed by atoms with Crippen molar-refractivity contribution in [3.63, 3.8) is 0 Å². The lowest BCUT2D eigenvalue weighted by atomic mass is 9.94. The van der Waals surface area contributed by atoms with Crippen LogP contribution in [0, 0.1) is 3.83 Å². The molecular weight excluding hydrogens is 595 g/mol. The lowest BCUT2D eigenvalue weighted by molar-refractivity contribution is 1.12. The molecule has 0 unspecified atom stereocenters. The maximum Gasteiger partial charge on any atom is 0.191 e. The van der Waals surface area contributed by atoms with Crippen LogP contribution in [0.1, 0.15) is 0 Å². The van der Waals surface area contributed by atoms with Gasteiger partial charge in [0.15, 0.2) is 3.83 Å². The summed E-state index contributed by atoms with van der Waals surface area (Å²) >= 11 is 4.07. The summed E-state index contributed by atoms with van der Waals surface area (Å²) < 4.78 is 3.34. The van der Waals surface area contributed by atoms with Crippen LogP contribution in [0.4, 0.5) is 0 Å². The molecule has 2 heterocycles. The molecular formula is C34H21IN2S. The predicted octanol–water partition coefficient (Wildman–Crippen LogP) is 10.1. The number of rotatable bonds is 4. The van der Waals surface area contributed by atoms with Crippen LogP contribution in [0.3, 0.4) is 0 Å². The fraction of sp³-hybridized carbons (Fsp3) is 0. The van der Waals surface area contributed by atoms with Gasteiger partial charge in [-0.05, 0) is 64.7 Å². The van der Waals surface area contributed by atoms with Crippen LogP contribution < -0.4 is 0 Å². The first-order chi connectivity index (χ1) is 18.7. The number of aromatic nitrogens is 2. The van der Waals surface area contributed by atoms with Crippen LogP contribution >= 0.6 is 33.9 Å². The molecule has 180 valence electrons. The minimum absolute atomic E-state index is 0.733. The Morgan fingerprint density at radius 1 is 0.421 bits per heavy atom. The molecule has 7 rings (SSSR count). The summed E-state index contributed by atoms with van der Waals surface area (Å²) in [4.78, 5) is 9.72. The third kappa shape index (κ3) is 4.40. The van der Waals surface area contributed by atoms with Gasteiger partial charge in [0.05, 0.1) is 11.4 Å². The number of thiophene rings is 1. The smallest absolute Gasteiger partial charge is 0.191 e. The Bertz CT molecular complexity index is 1870. The first-order valence-corrected chi connectivity index (χ1v) is 14.3. The Morgan fingerprint density at radius 3 is 1.66 bits per heavy atom. The summed E-state index contributed by atoms with van der Waals surface area (Å²) in [7, 11) is 0. The van der Waals surface area contributed by atoms with Gasteiger partial charge in [-0.3, -0.25) is 0 Å². The lowest BCUT2D eigenvalue weighted by Crippen LogP contribution is -1.95. The van der Waals surface area contributed by atoms with E-state index in [-0.39, 0.29) is 0 Å². The summed E-state index contributed by atoms with van der Waals surface area (Å²) in [6.07, 6.45) is 0. The van der Waals surface area contributed by atoms with Gasteiger partial charge in [-0.1, -0.05) is 84.9 Å². The van der Waals surface area contributed by atoms with E-state index >= 15 is 0 Å². The van der Waals surface area contributed by atoms with Crippen LogP contribution in [-0.2, 0) is 0 Å². The van der Waals surface area contributed by atoms with E-state index < -0.39 is 0 Å². The first-order valence-electron chi connectivity index (χ1n) is 12.4. The zero-order chi connectivity index (χ0) is 25.5. The molecule has 0 spiro atoms. The number of benzene rings is 5. The van der Waals surface area contributed by atoms with Crippen molar-refractivity contribution in [3.8, 4) is 44.8 Å². The number of nitrogens with zero attached hydrogens (tertiary/aromatic N) is 2. The van der Waals surface area contributed by atoms with Gasteiger partial charge in [0, 0.05) is 53.9 Å². The maximum atomic E-state index is 4.88. The third-order valence-corrected chi connectivity index (χ3v) is 8.45. The minimum atomic E-state index is 0.733. The van der Waals surface area contributed by atoms with E-state index in [1.54, 1.807) is 0 Å². The quantitative estimate of drug-likeness (QED) is 0.145. The summed E-state index contributed by atoms with van der Waals surface area (Å²) in [6.45, 7) is 0. The highest BCUT2D eigenvalue weighted by Gasteiger charge is 2.13. The van der Waals surface area contributed by atoms with Crippen LogP contribution in [0.15, 0.2) is 127 Å². The van der Waals surface area contributed by atoms with Gasteiger partial charge >= 0.3 is 0 Å². The Labute approximate surface area is 238 Å². The topological polar surface area (TPSA) is 25.8 Å². The standard InChI is InChI=1S/C34H21IN2S/c35-34-36-30(24-15-16-33-29(20-24)28-13-7-8-14-32(28)38-33)21-31(37-34)27-18-25(22-9-3-1-4-10-22)17-26(19-27)23-11-5-2-6-12-23/h1-21H. The Morgan fingerprint density at radius 2 is 0.974 bits per heavy atom. The van der Waals surface area contributed by atoms with Gasteiger partial charge in [0.1, 0.15) is 0 Å². The van der Waals surface area contributed by atoms with E-state index in [1.165, 1.54) is 42.4 Å². The van der Waals surface area contributed by atoms with Crippen LogP contribution in [0.25, 0.3) is 64.9 Å². The van der Waals surface area contributed by atoms with Gasteiger partial charge in [-0.15, -0.1) is 11.3 Å². The SMILES string of the molecule is Ic1nc(-c2cc(-c3ccccc3)cc(-c3ccccc3)c2)cc(-c2ccc3sc4ccccc4c3c2)n1. The Hall–Kier alpha value is -3.87. The second-order valence-electron chi connectivity index (χ2n) is 9.25. The van der Waals surface area contributed by atoms with Crippen LogP contribution in [0.2, 0.25) is 0 Å². The molecule has 0 radical (unpaired) electrons. The Balaban J connectivity index is 1.39. The van der Waals surface area contributed by atoms with Crippen molar-refractivity contribution in [2.24, 2.45) is 0 Å². The van der Waals surface area contributed by atoms with E-state index in [0.29, 0.717) is 0 Å². The van der Waals surface area contributed by atoms with E-state index in [4.69, 9.17) is 9.97 Å². The molecule has 7 aromatic rings. The lowest BCUT2D eigenvalue weighted by Gasteiger charge is -2.12. The van der Waals surface area contributed by atoms with E-state index in [9.17, 15) is 0 Å². The molecule has 0 saturated carbocycles. The molecule has 0 fully saturated rings. The summed E-state index contributed by atoms with van der Waals surface area (Å²) in [6, 6.07) is 45.2. The molecule has 2 nitrogen and oxygen atoms in total. The molecule has 0 atom stereocenters. The van der Waals surface area contributed by atoms with Gasteiger partial charge in [-0.2, -0.15) is 0 Å². The molecule has 4 heteroatoms.